The molecule has 2 rings (SSSR count). The highest BCUT2D eigenvalue weighted by atomic mass is 79.9. The van der Waals surface area contributed by atoms with Crippen LogP contribution in [0.4, 0.5) is 5.69 Å². The lowest BCUT2D eigenvalue weighted by molar-refractivity contribution is -0.118. The molecule has 0 radical (unpaired) electrons. The van der Waals surface area contributed by atoms with Crippen molar-refractivity contribution in [2.75, 3.05) is 24.5 Å². The molecule has 1 N–H and O–H groups in total. The number of amides is 1. The van der Waals surface area contributed by atoms with Crippen molar-refractivity contribution in [1.82, 2.24) is 5.32 Å². The van der Waals surface area contributed by atoms with E-state index in [9.17, 15) is 4.79 Å². The van der Waals surface area contributed by atoms with Gasteiger partial charge in [0, 0.05) is 29.7 Å². The van der Waals surface area contributed by atoms with E-state index in [0.717, 1.165) is 36.2 Å². The van der Waals surface area contributed by atoms with Crippen LogP contribution >= 0.6 is 15.9 Å². The molecule has 86 valence electrons. The highest BCUT2D eigenvalue weighted by Gasteiger charge is 2.16. The van der Waals surface area contributed by atoms with Crippen molar-refractivity contribution in [3.8, 4) is 0 Å². The number of nitrogens with one attached hydrogen (secondary N) is 1. The number of hydrogen-bond donors (Lipinski definition) is 1. The first-order valence-electron chi connectivity index (χ1n) is 5.54. The van der Waals surface area contributed by atoms with Crippen LogP contribution in [0.1, 0.15) is 12.8 Å². The predicted molar refractivity (Wildman–Crippen MR) is 68.6 cm³/mol. The first-order chi connectivity index (χ1) is 7.77. The lowest BCUT2D eigenvalue weighted by Crippen LogP contribution is -2.39. The minimum Gasteiger partial charge on any atom is -0.315 e. The Bertz CT molecular complexity index is 364. The Balaban J connectivity index is 2.15. The maximum Gasteiger partial charge on any atom is 0.227 e. The van der Waals surface area contributed by atoms with Gasteiger partial charge in [0.1, 0.15) is 0 Å². The van der Waals surface area contributed by atoms with Gasteiger partial charge >= 0.3 is 0 Å². The molecule has 0 saturated carbocycles. The number of benzene rings is 1. The smallest absolute Gasteiger partial charge is 0.227 e. The quantitative estimate of drug-likeness (QED) is 0.856. The van der Waals surface area contributed by atoms with Gasteiger partial charge in [-0.15, -0.1) is 0 Å². The molecule has 1 saturated heterocycles. The van der Waals surface area contributed by atoms with E-state index in [1.807, 2.05) is 29.2 Å². The first-order valence-corrected chi connectivity index (χ1v) is 6.33. The summed E-state index contributed by atoms with van der Waals surface area (Å²) < 4.78 is 1.04. The molecule has 1 aliphatic heterocycles. The van der Waals surface area contributed by atoms with E-state index in [-0.39, 0.29) is 5.91 Å². The minimum absolute atomic E-state index is 0.226. The second-order valence-electron chi connectivity index (χ2n) is 3.88. The fraction of sp³-hybridized carbons (Fsp3) is 0.417. The molecule has 0 aliphatic carbocycles. The number of halogens is 1. The van der Waals surface area contributed by atoms with Gasteiger partial charge in [0.2, 0.25) is 5.91 Å². The zero-order valence-corrected chi connectivity index (χ0v) is 10.7. The molecule has 0 spiro atoms. The molecule has 0 unspecified atom stereocenters. The summed E-state index contributed by atoms with van der Waals surface area (Å²) in [5.74, 6) is 0.226. The SMILES string of the molecule is O=C1CCCNCCN1c1ccc(Br)cc1. The standard InChI is InChI=1S/C12H15BrN2O/c13-10-3-5-11(6-4-10)15-9-8-14-7-1-2-12(15)16/h3-6,14H,1-2,7-9H2. The van der Waals surface area contributed by atoms with Gasteiger partial charge in [0.25, 0.3) is 0 Å². The molecular weight excluding hydrogens is 268 g/mol. The van der Waals surface area contributed by atoms with Gasteiger partial charge < -0.3 is 10.2 Å². The normalized spacial score (nSPS) is 18.1. The van der Waals surface area contributed by atoms with Crippen molar-refractivity contribution < 1.29 is 4.79 Å². The second kappa shape index (κ2) is 5.46. The highest BCUT2D eigenvalue weighted by Crippen LogP contribution is 2.19. The second-order valence-corrected chi connectivity index (χ2v) is 4.79. The van der Waals surface area contributed by atoms with Crippen LogP contribution in [0.25, 0.3) is 0 Å². The molecule has 1 amide bonds. The van der Waals surface area contributed by atoms with Crippen LogP contribution in [0.2, 0.25) is 0 Å². The maximum absolute atomic E-state index is 11.9. The van der Waals surface area contributed by atoms with E-state index < -0.39 is 0 Å². The summed E-state index contributed by atoms with van der Waals surface area (Å²) in [5, 5.41) is 3.32. The van der Waals surface area contributed by atoms with Crippen LogP contribution in [0.5, 0.6) is 0 Å². The fourth-order valence-corrected chi connectivity index (χ4v) is 2.10. The molecule has 0 atom stereocenters. The number of anilines is 1. The third-order valence-corrected chi connectivity index (χ3v) is 3.22. The zero-order valence-electron chi connectivity index (χ0n) is 9.08. The Hall–Kier alpha value is -0.870. The fourth-order valence-electron chi connectivity index (χ4n) is 1.83. The molecule has 4 heteroatoms. The van der Waals surface area contributed by atoms with Crippen LogP contribution in [-0.2, 0) is 4.79 Å². The largest absolute Gasteiger partial charge is 0.315 e. The summed E-state index contributed by atoms with van der Waals surface area (Å²) in [7, 11) is 0. The summed E-state index contributed by atoms with van der Waals surface area (Å²) in [6.07, 6.45) is 1.55. The lowest BCUT2D eigenvalue weighted by Gasteiger charge is -2.25. The van der Waals surface area contributed by atoms with Gasteiger partial charge in [-0.25, -0.2) is 0 Å². The number of hydrogen-bond acceptors (Lipinski definition) is 2. The van der Waals surface area contributed by atoms with Crippen molar-refractivity contribution in [1.29, 1.82) is 0 Å². The number of nitrogens with zero attached hydrogens (tertiary/aromatic N) is 1. The van der Waals surface area contributed by atoms with Crippen LogP contribution < -0.4 is 10.2 Å². The van der Waals surface area contributed by atoms with Crippen LogP contribution in [0.3, 0.4) is 0 Å². The lowest BCUT2D eigenvalue weighted by atomic mass is 10.2. The van der Waals surface area contributed by atoms with Crippen molar-refractivity contribution in [3.05, 3.63) is 28.7 Å². The first kappa shape index (κ1) is 11.6. The van der Waals surface area contributed by atoms with Gasteiger partial charge in [0.15, 0.2) is 0 Å². The molecule has 1 aliphatic rings. The summed E-state index contributed by atoms with van der Waals surface area (Å²) in [6, 6.07) is 7.89. The monoisotopic (exact) mass is 282 g/mol. The summed E-state index contributed by atoms with van der Waals surface area (Å²) in [4.78, 5) is 13.8. The predicted octanol–water partition coefficient (Wildman–Crippen LogP) is 2.17. The van der Waals surface area contributed by atoms with Crippen molar-refractivity contribution in [2.24, 2.45) is 0 Å². The van der Waals surface area contributed by atoms with E-state index in [1.165, 1.54) is 0 Å². The third-order valence-electron chi connectivity index (χ3n) is 2.70. The Morgan fingerprint density at radius 1 is 1.19 bits per heavy atom. The molecule has 1 aromatic carbocycles. The van der Waals surface area contributed by atoms with Crippen molar-refractivity contribution in [2.45, 2.75) is 12.8 Å². The summed E-state index contributed by atoms with van der Waals surface area (Å²) in [5.41, 5.74) is 0.983. The van der Waals surface area contributed by atoms with E-state index in [0.29, 0.717) is 6.42 Å². The number of carbonyl (C=O) groups excluding carboxylic acids is 1. The Labute approximate surface area is 104 Å². The van der Waals surface area contributed by atoms with Crippen molar-refractivity contribution in [3.63, 3.8) is 0 Å². The number of carbonyl (C=O) groups is 1. The van der Waals surface area contributed by atoms with Crippen molar-refractivity contribution >= 4 is 27.5 Å². The Morgan fingerprint density at radius 3 is 2.69 bits per heavy atom. The average molecular weight is 283 g/mol. The Kier molecular flexibility index (Phi) is 3.96. The van der Waals surface area contributed by atoms with Gasteiger partial charge in [-0.2, -0.15) is 0 Å². The van der Waals surface area contributed by atoms with Crippen LogP contribution in [0, 0.1) is 0 Å². The Morgan fingerprint density at radius 2 is 1.94 bits per heavy atom. The van der Waals surface area contributed by atoms with E-state index >= 15 is 0 Å². The third kappa shape index (κ3) is 2.83. The molecule has 1 heterocycles. The molecule has 3 nitrogen and oxygen atoms in total. The van der Waals surface area contributed by atoms with E-state index in [2.05, 4.69) is 21.2 Å². The molecular formula is C12H15BrN2O. The molecule has 16 heavy (non-hydrogen) atoms. The van der Waals surface area contributed by atoms with E-state index in [1.54, 1.807) is 0 Å². The average Bonchev–Trinajstić information content (AvgIpc) is 2.26. The van der Waals surface area contributed by atoms with Gasteiger partial charge in [-0.05, 0) is 37.2 Å². The molecule has 0 aromatic heterocycles. The van der Waals surface area contributed by atoms with Crippen LogP contribution in [-0.4, -0.2) is 25.5 Å². The summed E-state index contributed by atoms with van der Waals surface area (Å²) >= 11 is 3.40. The number of rotatable bonds is 1. The molecule has 1 aromatic rings. The van der Waals surface area contributed by atoms with Gasteiger partial charge in [0.05, 0.1) is 0 Å². The minimum atomic E-state index is 0.226. The maximum atomic E-state index is 11.9. The zero-order chi connectivity index (χ0) is 11.4. The molecule has 1 fully saturated rings. The van der Waals surface area contributed by atoms with Gasteiger partial charge in [-0.3, -0.25) is 4.79 Å². The van der Waals surface area contributed by atoms with E-state index in [4.69, 9.17) is 0 Å². The highest BCUT2D eigenvalue weighted by molar-refractivity contribution is 9.10. The summed E-state index contributed by atoms with van der Waals surface area (Å²) in [6.45, 7) is 2.56. The van der Waals surface area contributed by atoms with Crippen LogP contribution in [0.15, 0.2) is 28.7 Å². The van der Waals surface area contributed by atoms with Gasteiger partial charge in [-0.1, -0.05) is 15.9 Å². The molecule has 0 bridgehead atoms. The topological polar surface area (TPSA) is 32.3 Å².